The minimum Gasteiger partial charge on any atom is -0.385 e. The molecule has 3 aromatic rings. The van der Waals surface area contributed by atoms with Gasteiger partial charge in [0.25, 0.3) is 0 Å². The number of benzene rings is 3. The molecule has 0 aliphatic carbocycles. The Morgan fingerprint density at radius 1 is 0.774 bits per heavy atom. The van der Waals surface area contributed by atoms with Crippen molar-refractivity contribution in [3.63, 3.8) is 0 Å². The third-order valence-corrected chi connectivity index (χ3v) is 5.13. The van der Waals surface area contributed by atoms with Gasteiger partial charge >= 0.3 is 6.03 Å². The normalized spacial score (nSPS) is 10.6. The van der Waals surface area contributed by atoms with E-state index < -0.39 is 0 Å². The van der Waals surface area contributed by atoms with Gasteiger partial charge in [-0.1, -0.05) is 50.2 Å². The summed E-state index contributed by atoms with van der Waals surface area (Å²) in [4.78, 5) is 25.0. The van der Waals surface area contributed by atoms with Crippen molar-refractivity contribution in [1.82, 2.24) is 10.6 Å². The summed E-state index contributed by atoms with van der Waals surface area (Å²) in [6.07, 6.45) is 2.59. The summed E-state index contributed by atoms with van der Waals surface area (Å²) in [7, 11) is 0. The van der Waals surface area contributed by atoms with Crippen molar-refractivity contribution < 1.29 is 9.59 Å². The van der Waals surface area contributed by atoms with E-state index >= 15 is 0 Å². The second kappa shape index (κ2) is 11.2. The summed E-state index contributed by atoms with van der Waals surface area (Å²) in [5.41, 5.74) is 3.45. The number of hydrogen-bond acceptors (Lipinski definition) is 3. The molecule has 3 aromatic carbocycles. The van der Waals surface area contributed by atoms with Gasteiger partial charge in [0.05, 0.1) is 0 Å². The molecule has 3 rings (SSSR count). The van der Waals surface area contributed by atoms with Crippen molar-refractivity contribution >= 4 is 28.3 Å². The van der Waals surface area contributed by atoms with Gasteiger partial charge in [0.2, 0.25) is 0 Å². The molecule has 5 nitrogen and oxygen atoms in total. The van der Waals surface area contributed by atoms with Crippen molar-refractivity contribution in [3.8, 4) is 0 Å². The first-order valence-electron chi connectivity index (χ1n) is 11.0. The van der Waals surface area contributed by atoms with Crippen LogP contribution in [0.25, 0.3) is 10.8 Å². The molecule has 162 valence electrons. The number of fused-ring (bicyclic) bond motifs is 1. The Kier molecular flexibility index (Phi) is 8.05. The molecule has 0 bridgehead atoms. The predicted octanol–water partition coefficient (Wildman–Crippen LogP) is 5.14. The third kappa shape index (κ3) is 6.07. The van der Waals surface area contributed by atoms with Crippen LogP contribution in [0.3, 0.4) is 0 Å². The van der Waals surface area contributed by atoms with E-state index in [4.69, 9.17) is 0 Å². The molecule has 0 fully saturated rings. The summed E-state index contributed by atoms with van der Waals surface area (Å²) in [5.74, 6) is 0.00517. The average Bonchev–Trinajstić information content (AvgIpc) is 2.81. The van der Waals surface area contributed by atoms with Crippen LogP contribution in [0.5, 0.6) is 0 Å². The van der Waals surface area contributed by atoms with Crippen LogP contribution in [-0.2, 0) is 6.42 Å². The monoisotopic (exact) mass is 417 g/mol. The van der Waals surface area contributed by atoms with Crippen molar-refractivity contribution in [2.75, 3.05) is 25.0 Å². The fraction of sp³-hybridized carbons (Fsp3) is 0.308. The van der Waals surface area contributed by atoms with E-state index in [1.807, 2.05) is 49.4 Å². The van der Waals surface area contributed by atoms with Gasteiger partial charge in [-0.2, -0.15) is 0 Å². The Balaban J connectivity index is 1.90. The lowest BCUT2D eigenvalue weighted by Gasteiger charge is -2.13. The molecule has 0 aromatic heterocycles. The van der Waals surface area contributed by atoms with Crippen LogP contribution < -0.4 is 16.0 Å². The van der Waals surface area contributed by atoms with E-state index in [2.05, 4.69) is 41.1 Å². The zero-order valence-corrected chi connectivity index (χ0v) is 18.3. The Hall–Kier alpha value is -3.34. The standard InChI is InChI=1S/C26H31N3O2/c1-3-13-27-23-11-10-20-16-22(25(30)19-8-6-5-7-9-19)17-21(24(20)18-23)12-15-29-26(31)28-14-4-2/h5-11,16-18,27H,3-4,12-15H2,1-2H3,(H2,28,29,31). The van der Waals surface area contributed by atoms with Crippen LogP contribution in [0.2, 0.25) is 0 Å². The van der Waals surface area contributed by atoms with Gasteiger partial charge in [-0.25, -0.2) is 4.79 Å². The van der Waals surface area contributed by atoms with Crippen LogP contribution in [-0.4, -0.2) is 31.4 Å². The highest BCUT2D eigenvalue weighted by atomic mass is 16.2. The highest BCUT2D eigenvalue weighted by molar-refractivity contribution is 6.11. The lowest BCUT2D eigenvalue weighted by Crippen LogP contribution is -2.36. The van der Waals surface area contributed by atoms with Crippen molar-refractivity contribution in [1.29, 1.82) is 0 Å². The largest absolute Gasteiger partial charge is 0.385 e. The van der Waals surface area contributed by atoms with Crippen molar-refractivity contribution in [2.45, 2.75) is 33.1 Å². The number of hydrogen-bond donors (Lipinski definition) is 3. The number of amides is 2. The van der Waals surface area contributed by atoms with Gasteiger partial charge in [0.1, 0.15) is 0 Å². The topological polar surface area (TPSA) is 70.2 Å². The van der Waals surface area contributed by atoms with E-state index in [1.54, 1.807) is 0 Å². The molecule has 0 unspecified atom stereocenters. The van der Waals surface area contributed by atoms with Crippen LogP contribution in [0.1, 0.15) is 48.2 Å². The van der Waals surface area contributed by atoms with Crippen molar-refractivity contribution in [2.24, 2.45) is 0 Å². The van der Waals surface area contributed by atoms with Crippen LogP contribution in [0.4, 0.5) is 10.5 Å². The molecule has 0 heterocycles. The summed E-state index contributed by atoms with van der Waals surface area (Å²) in [6.45, 7) is 6.22. The molecular formula is C26H31N3O2. The predicted molar refractivity (Wildman–Crippen MR) is 128 cm³/mol. The van der Waals surface area contributed by atoms with E-state index in [-0.39, 0.29) is 11.8 Å². The molecule has 0 spiro atoms. The highest BCUT2D eigenvalue weighted by Gasteiger charge is 2.13. The van der Waals surface area contributed by atoms with Gasteiger partial charge < -0.3 is 16.0 Å². The van der Waals surface area contributed by atoms with Crippen LogP contribution in [0.15, 0.2) is 60.7 Å². The first-order valence-corrected chi connectivity index (χ1v) is 11.0. The van der Waals surface area contributed by atoms with Crippen LogP contribution in [0, 0.1) is 0 Å². The maximum absolute atomic E-state index is 13.1. The summed E-state index contributed by atoms with van der Waals surface area (Å²) in [6, 6.07) is 19.3. The molecule has 0 aliphatic heterocycles. The summed E-state index contributed by atoms with van der Waals surface area (Å²) < 4.78 is 0. The summed E-state index contributed by atoms with van der Waals surface area (Å²) >= 11 is 0. The minimum atomic E-state index is -0.159. The van der Waals surface area contributed by atoms with Gasteiger partial charge in [0.15, 0.2) is 5.78 Å². The molecule has 0 saturated carbocycles. The van der Waals surface area contributed by atoms with Gasteiger partial charge in [-0.05, 0) is 59.9 Å². The maximum atomic E-state index is 13.1. The lowest BCUT2D eigenvalue weighted by molar-refractivity contribution is 0.103. The first-order chi connectivity index (χ1) is 15.1. The number of ketones is 1. The SMILES string of the molecule is CCCNC(=O)NCCc1cc(C(=O)c2ccccc2)cc2ccc(NCCC)cc12. The number of urea groups is 1. The van der Waals surface area contributed by atoms with E-state index in [0.717, 1.165) is 41.4 Å². The fourth-order valence-electron chi connectivity index (χ4n) is 3.52. The average molecular weight is 418 g/mol. The number of carbonyl (C=O) groups is 2. The lowest BCUT2D eigenvalue weighted by atomic mass is 9.94. The highest BCUT2D eigenvalue weighted by Crippen LogP contribution is 2.26. The Labute approximate surface area is 184 Å². The molecule has 2 amide bonds. The molecule has 0 atom stereocenters. The molecule has 31 heavy (non-hydrogen) atoms. The van der Waals surface area contributed by atoms with E-state index in [9.17, 15) is 9.59 Å². The molecule has 3 N–H and O–H groups in total. The van der Waals surface area contributed by atoms with Crippen molar-refractivity contribution in [3.05, 3.63) is 77.4 Å². The molecule has 0 saturated heterocycles. The number of rotatable bonds is 10. The quantitative estimate of drug-likeness (QED) is 0.400. The number of carbonyl (C=O) groups excluding carboxylic acids is 2. The second-order valence-electron chi connectivity index (χ2n) is 7.63. The molecular weight excluding hydrogens is 386 g/mol. The maximum Gasteiger partial charge on any atom is 0.314 e. The first kappa shape index (κ1) is 22.3. The van der Waals surface area contributed by atoms with E-state index in [0.29, 0.717) is 30.6 Å². The number of anilines is 1. The van der Waals surface area contributed by atoms with E-state index in [1.165, 1.54) is 0 Å². The number of nitrogens with one attached hydrogen (secondary N) is 3. The fourth-order valence-corrected chi connectivity index (χ4v) is 3.52. The zero-order valence-electron chi connectivity index (χ0n) is 18.3. The van der Waals surface area contributed by atoms with Crippen LogP contribution >= 0.6 is 0 Å². The Morgan fingerprint density at radius 2 is 1.52 bits per heavy atom. The third-order valence-electron chi connectivity index (χ3n) is 5.13. The minimum absolute atomic E-state index is 0.00517. The summed E-state index contributed by atoms with van der Waals surface area (Å²) in [5, 5.41) is 11.3. The Morgan fingerprint density at radius 3 is 2.26 bits per heavy atom. The molecule has 5 heteroatoms. The Bertz CT molecular complexity index is 1030. The zero-order chi connectivity index (χ0) is 22.1. The molecule has 0 aliphatic rings. The van der Waals surface area contributed by atoms with Gasteiger partial charge in [-0.15, -0.1) is 0 Å². The van der Waals surface area contributed by atoms with Gasteiger partial charge in [-0.3, -0.25) is 4.79 Å². The van der Waals surface area contributed by atoms with Gasteiger partial charge in [0, 0.05) is 36.4 Å². The second-order valence-corrected chi connectivity index (χ2v) is 7.63. The smallest absolute Gasteiger partial charge is 0.314 e. The molecule has 0 radical (unpaired) electrons.